The third-order valence-corrected chi connectivity index (χ3v) is 5.82. The van der Waals surface area contributed by atoms with Gasteiger partial charge < -0.3 is 14.5 Å². The second-order valence-corrected chi connectivity index (χ2v) is 7.45. The molecule has 2 fully saturated rings. The molecule has 0 N–H and O–H groups in total. The smallest absolute Gasteiger partial charge is 0.230 e. The largest absolute Gasteiger partial charge is 0.383 e. The number of pyridine rings is 1. The molecule has 144 valence electrons. The number of rotatable bonds is 4. The Balaban J connectivity index is 1.63. The van der Waals surface area contributed by atoms with E-state index in [4.69, 9.17) is 4.74 Å². The van der Waals surface area contributed by atoms with Crippen LogP contribution in [0.5, 0.6) is 0 Å². The van der Waals surface area contributed by atoms with Crippen LogP contribution in [0.4, 0.5) is 14.5 Å². The Labute approximate surface area is 156 Å². The van der Waals surface area contributed by atoms with E-state index >= 15 is 0 Å². The third kappa shape index (κ3) is 3.14. The highest BCUT2D eigenvalue weighted by atomic mass is 19.1. The summed E-state index contributed by atoms with van der Waals surface area (Å²) < 4.78 is 33.0. The van der Waals surface area contributed by atoms with Crippen LogP contribution >= 0.6 is 0 Å². The average molecular weight is 375 g/mol. The molecule has 7 heteroatoms. The van der Waals surface area contributed by atoms with Crippen molar-refractivity contribution in [2.75, 3.05) is 44.8 Å². The Morgan fingerprint density at radius 1 is 1.26 bits per heavy atom. The maximum atomic E-state index is 14.1. The summed E-state index contributed by atoms with van der Waals surface area (Å²) in [6, 6.07) is 3.94. The number of piperidine rings is 1. The standard InChI is InChI=1S/C20H23F2N3O2/c1-27-10-9-24-7-2-4-20(19(24)26)5-8-25(13-20)17-3-6-23-18-15(17)11-14(21)12-16(18)22/h3,6,11-12H,2,4-5,7-10,13H2,1H3/t20-/m0/s1. The van der Waals surface area contributed by atoms with Crippen molar-refractivity contribution in [1.29, 1.82) is 0 Å². The van der Waals surface area contributed by atoms with Gasteiger partial charge in [0.2, 0.25) is 5.91 Å². The van der Waals surface area contributed by atoms with E-state index in [9.17, 15) is 13.6 Å². The number of nitrogens with zero attached hydrogens (tertiary/aromatic N) is 3. The van der Waals surface area contributed by atoms with Crippen LogP contribution in [0.1, 0.15) is 19.3 Å². The lowest BCUT2D eigenvalue weighted by atomic mass is 9.78. The number of carbonyl (C=O) groups is 1. The van der Waals surface area contributed by atoms with Crippen molar-refractivity contribution >= 4 is 22.5 Å². The van der Waals surface area contributed by atoms with E-state index in [0.29, 0.717) is 31.6 Å². The molecular formula is C20H23F2N3O2. The lowest BCUT2D eigenvalue weighted by molar-refractivity contribution is -0.145. The van der Waals surface area contributed by atoms with E-state index < -0.39 is 17.0 Å². The number of hydrogen-bond donors (Lipinski definition) is 0. The van der Waals surface area contributed by atoms with Crippen LogP contribution in [-0.2, 0) is 9.53 Å². The van der Waals surface area contributed by atoms with Crippen LogP contribution in [0.3, 0.4) is 0 Å². The van der Waals surface area contributed by atoms with Gasteiger partial charge in [0.15, 0.2) is 5.82 Å². The lowest BCUT2D eigenvalue weighted by Crippen LogP contribution is -2.51. The van der Waals surface area contributed by atoms with E-state index in [2.05, 4.69) is 9.88 Å². The third-order valence-electron chi connectivity index (χ3n) is 5.82. The molecule has 1 aromatic heterocycles. The molecule has 2 saturated heterocycles. The minimum Gasteiger partial charge on any atom is -0.383 e. The number of fused-ring (bicyclic) bond motifs is 1. The summed E-state index contributed by atoms with van der Waals surface area (Å²) in [5.74, 6) is -1.12. The first kappa shape index (κ1) is 18.1. The summed E-state index contributed by atoms with van der Waals surface area (Å²) in [6.07, 6.45) is 4.09. The number of likely N-dealkylation sites (tertiary alicyclic amines) is 1. The van der Waals surface area contributed by atoms with Crippen LogP contribution in [0.15, 0.2) is 24.4 Å². The van der Waals surface area contributed by atoms with Crippen LogP contribution < -0.4 is 4.90 Å². The average Bonchev–Trinajstić information content (AvgIpc) is 3.07. The summed E-state index contributed by atoms with van der Waals surface area (Å²) in [5.41, 5.74) is 0.469. The maximum absolute atomic E-state index is 14.1. The number of halogens is 2. The number of anilines is 1. The second-order valence-electron chi connectivity index (χ2n) is 7.45. The van der Waals surface area contributed by atoms with E-state index in [1.54, 1.807) is 13.2 Å². The minimum absolute atomic E-state index is 0.159. The van der Waals surface area contributed by atoms with Crippen molar-refractivity contribution < 1.29 is 18.3 Å². The summed E-state index contributed by atoms with van der Waals surface area (Å²) in [7, 11) is 1.63. The predicted molar refractivity (Wildman–Crippen MR) is 98.6 cm³/mol. The normalized spacial score (nSPS) is 23.0. The van der Waals surface area contributed by atoms with Gasteiger partial charge in [-0.25, -0.2) is 8.78 Å². The van der Waals surface area contributed by atoms with Crippen molar-refractivity contribution in [3.63, 3.8) is 0 Å². The molecule has 27 heavy (non-hydrogen) atoms. The summed E-state index contributed by atoms with van der Waals surface area (Å²) in [4.78, 5) is 21.1. The number of aromatic nitrogens is 1. The van der Waals surface area contributed by atoms with Gasteiger partial charge in [0, 0.05) is 56.6 Å². The zero-order chi connectivity index (χ0) is 19.0. The first-order valence-corrected chi connectivity index (χ1v) is 9.31. The van der Waals surface area contributed by atoms with Crippen molar-refractivity contribution in [1.82, 2.24) is 9.88 Å². The molecule has 2 aliphatic heterocycles. The number of hydrogen-bond acceptors (Lipinski definition) is 4. The van der Waals surface area contributed by atoms with Gasteiger partial charge in [-0.15, -0.1) is 0 Å². The second kappa shape index (κ2) is 7.03. The van der Waals surface area contributed by atoms with E-state index in [0.717, 1.165) is 37.6 Å². The topological polar surface area (TPSA) is 45.7 Å². The van der Waals surface area contributed by atoms with E-state index in [-0.39, 0.29) is 11.4 Å². The van der Waals surface area contributed by atoms with Crippen LogP contribution in [0, 0.1) is 17.0 Å². The molecule has 4 rings (SSSR count). The van der Waals surface area contributed by atoms with Crippen molar-refractivity contribution in [2.24, 2.45) is 5.41 Å². The minimum atomic E-state index is -0.666. The van der Waals surface area contributed by atoms with E-state index in [1.807, 2.05) is 4.90 Å². The predicted octanol–water partition coefficient (Wildman–Crippen LogP) is 2.98. The lowest BCUT2D eigenvalue weighted by Gasteiger charge is -2.39. The molecule has 1 atom stereocenters. The van der Waals surface area contributed by atoms with Gasteiger partial charge in [-0.1, -0.05) is 0 Å². The fourth-order valence-corrected chi connectivity index (χ4v) is 4.46. The quantitative estimate of drug-likeness (QED) is 0.824. The first-order valence-electron chi connectivity index (χ1n) is 9.31. The van der Waals surface area contributed by atoms with Crippen molar-refractivity contribution in [2.45, 2.75) is 19.3 Å². The molecule has 1 amide bonds. The zero-order valence-corrected chi connectivity index (χ0v) is 15.4. The maximum Gasteiger partial charge on any atom is 0.230 e. The summed E-state index contributed by atoms with van der Waals surface area (Å²) in [5, 5.41) is 0.451. The Bertz CT molecular complexity index is 876. The molecule has 0 bridgehead atoms. The molecule has 1 spiro atoms. The zero-order valence-electron chi connectivity index (χ0n) is 15.4. The van der Waals surface area contributed by atoms with Gasteiger partial charge in [-0.3, -0.25) is 9.78 Å². The molecule has 0 saturated carbocycles. The van der Waals surface area contributed by atoms with Gasteiger partial charge in [0.05, 0.1) is 12.0 Å². The summed E-state index contributed by atoms with van der Waals surface area (Å²) >= 11 is 0. The Hall–Kier alpha value is -2.28. The Kier molecular flexibility index (Phi) is 4.72. The van der Waals surface area contributed by atoms with Crippen LogP contribution in [-0.4, -0.2) is 55.7 Å². The molecule has 5 nitrogen and oxygen atoms in total. The SMILES string of the molecule is COCCN1CCC[C@@]2(CCN(c3ccnc4c(F)cc(F)cc34)C2)C1=O. The van der Waals surface area contributed by atoms with Crippen LogP contribution in [0.2, 0.25) is 0 Å². The number of benzene rings is 1. The van der Waals surface area contributed by atoms with Gasteiger partial charge >= 0.3 is 0 Å². The highest BCUT2D eigenvalue weighted by molar-refractivity contribution is 5.93. The van der Waals surface area contributed by atoms with Crippen LogP contribution in [0.25, 0.3) is 10.9 Å². The Morgan fingerprint density at radius 2 is 2.11 bits per heavy atom. The summed E-state index contributed by atoms with van der Waals surface area (Å²) in [6.45, 7) is 3.14. The monoisotopic (exact) mass is 375 g/mol. The van der Waals surface area contributed by atoms with Gasteiger partial charge in [-0.05, 0) is 31.4 Å². The first-order chi connectivity index (χ1) is 13.0. The van der Waals surface area contributed by atoms with Gasteiger partial charge in [0.1, 0.15) is 11.3 Å². The Morgan fingerprint density at radius 3 is 2.93 bits per heavy atom. The van der Waals surface area contributed by atoms with E-state index in [1.165, 1.54) is 12.3 Å². The molecule has 2 aromatic rings. The highest BCUT2D eigenvalue weighted by Gasteiger charge is 2.48. The fraction of sp³-hybridized carbons (Fsp3) is 0.500. The fourth-order valence-electron chi connectivity index (χ4n) is 4.46. The number of carbonyl (C=O) groups excluding carboxylic acids is 1. The van der Waals surface area contributed by atoms with Gasteiger partial charge in [0.25, 0.3) is 0 Å². The molecule has 0 unspecified atom stereocenters. The molecule has 2 aliphatic rings. The molecule has 1 aromatic carbocycles. The molecule has 0 aliphatic carbocycles. The molecule has 0 radical (unpaired) electrons. The number of ether oxygens (including phenoxy) is 1. The molecule has 3 heterocycles. The number of methoxy groups -OCH3 is 1. The van der Waals surface area contributed by atoms with Crippen molar-refractivity contribution in [3.05, 3.63) is 36.0 Å². The van der Waals surface area contributed by atoms with Crippen molar-refractivity contribution in [3.8, 4) is 0 Å². The van der Waals surface area contributed by atoms with Gasteiger partial charge in [-0.2, -0.15) is 0 Å². The molecular weight excluding hydrogens is 352 g/mol. The number of amides is 1. The highest BCUT2D eigenvalue weighted by Crippen LogP contribution is 2.43.